The van der Waals surface area contributed by atoms with Crippen LogP contribution in [0.2, 0.25) is 5.02 Å². The Hall–Kier alpha value is 0.670. The molecule has 0 aliphatic carbocycles. The largest absolute Gasteiger partial charge is 0.252 e. The summed E-state index contributed by atoms with van der Waals surface area (Å²) in [7, 11) is -3.47. The number of hydrogen-bond acceptors (Lipinski definition) is 3. The van der Waals surface area contributed by atoms with Crippen LogP contribution < -0.4 is 0 Å². The second kappa shape index (κ2) is 6.73. The van der Waals surface area contributed by atoms with E-state index in [0.717, 1.165) is 17.8 Å². The Balaban J connectivity index is 3.06. The Morgan fingerprint density at radius 2 is 2.12 bits per heavy atom. The zero-order valence-electron chi connectivity index (χ0n) is 9.12. The van der Waals surface area contributed by atoms with Crippen molar-refractivity contribution in [1.82, 2.24) is 4.31 Å². The Kier molecular flexibility index (Phi) is 6.22. The van der Waals surface area contributed by atoms with Crippen molar-refractivity contribution < 1.29 is 8.42 Å². The molecule has 0 amide bonds. The van der Waals surface area contributed by atoms with Crippen molar-refractivity contribution in [3.63, 3.8) is 0 Å². The number of sulfonamides is 1. The Morgan fingerprint density at radius 3 is 2.53 bits per heavy atom. The molecule has 0 radical (unpaired) electrons. The van der Waals surface area contributed by atoms with Crippen molar-refractivity contribution >= 4 is 60.5 Å². The van der Waals surface area contributed by atoms with E-state index in [4.69, 9.17) is 23.2 Å². The molecule has 0 bridgehead atoms. The summed E-state index contributed by atoms with van der Waals surface area (Å²) in [6.07, 6.45) is 0.746. The quantitative estimate of drug-likeness (QED) is 0.703. The van der Waals surface area contributed by atoms with Gasteiger partial charge >= 0.3 is 0 Å². The molecular formula is C9H12BrCl2NO2S2. The highest BCUT2D eigenvalue weighted by Crippen LogP contribution is 2.35. The number of nitrogens with zero attached hydrogens (tertiary/aromatic N) is 1. The first-order chi connectivity index (χ1) is 7.93. The Bertz CT molecular complexity index is 450. The van der Waals surface area contributed by atoms with E-state index >= 15 is 0 Å². The van der Waals surface area contributed by atoms with E-state index in [0.29, 0.717) is 21.9 Å². The van der Waals surface area contributed by atoms with E-state index in [-0.39, 0.29) is 10.1 Å². The standard InChI is InChI=1S/C9H12BrCl2NO2S2/c1-2-4-13(5-3-11)17(14,15)8-6-7(12)9(10)16-8/h6H,2-5H2,1H3. The van der Waals surface area contributed by atoms with Gasteiger partial charge in [0.15, 0.2) is 0 Å². The first-order valence-corrected chi connectivity index (χ1v) is 8.90. The van der Waals surface area contributed by atoms with Gasteiger partial charge in [0.1, 0.15) is 4.21 Å². The van der Waals surface area contributed by atoms with E-state index in [1.807, 2.05) is 6.92 Å². The third-order valence-electron chi connectivity index (χ3n) is 2.02. The molecule has 1 aromatic rings. The summed E-state index contributed by atoms with van der Waals surface area (Å²) in [6, 6.07) is 1.46. The SMILES string of the molecule is CCCN(CCCl)S(=O)(=O)c1cc(Cl)c(Br)s1. The fourth-order valence-corrected chi connectivity index (χ4v) is 5.67. The molecule has 0 N–H and O–H groups in total. The molecular weight excluding hydrogens is 369 g/mol. The number of rotatable bonds is 6. The summed E-state index contributed by atoms with van der Waals surface area (Å²) in [5, 5.41) is 0.413. The number of alkyl halides is 1. The highest BCUT2D eigenvalue weighted by Gasteiger charge is 2.26. The van der Waals surface area contributed by atoms with Crippen LogP contribution in [0.15, 0.2) is 14.1 Å². The fourth-order valence-electron chi connectivity index (χ4n) is 1.28. The molecule has 3 nitrogen and oxygen atoms in total. The van der Waals surface area contributed by atoms with E-state index in [1.54, 1.807) is 0 Å². The van der Waals surface area contributed by atoms with Crippen LogP contribution in [0.4, 0.5) is 0 Å². The Morgan fingerprint density at radius 1 is 1.47 bits per heavy atom. The van der Waals surface area contributed by atoms with Gasteiger partial charge in [0.05, 0.1) is 8.81 Å². The van der Waals surface area contributed by atoms with Crippen LogP contribution in [-0.4, -0.2) is 31.7 Å². The van der Waals surface area contributed by atoms with Crippen molar-refractivity contribution in [2.45, 2.75) is 17.6 Å². The molecule has 8 heteroatoms. The van der Waals surface area contributed by atoms with Crippen molar-refractivity contribution in [1.29, 1.82) is 0 Å². The topological polar surface area (TPSA) is 37.4 Å². The number of thiophene rings is 1. The van der Waals surface area contributed by atoms with Crippen LogP contribution in [0.5, 0.6) is 0 Å². The van der Waals surface area contributed by atoms with Gasteiger partial charge in [0, 0.05) is 19.0 Å². The zero-order valence-corrected chi connectivity index (χ0v) is 13.9. The average Bonchev–Trinajstić information content (AvgIpc) is 2.59. The summed E-state index contributed by atoms with van der Waals surface area (Å²) >= 11 is 15.8. The molecule has 0 saturated heterocycles. The first kappa shape index (κ1) is 15.7. The maximum Gasteiger partial charge on any atom is 0.252 e. The van der Waals surface area contributed by atoms with Crippen LogP contribution in [0.25, 0.3) is 0 Å². The average molecular weight is 381 g/mol. The highest BCUT2D eigenvalue weighted by molar-refractivity contribution is 9.11. The van der Waals surface area contributed by atoms with Crippen molar-refractivity contribution in [3.8, 4) is 0 Å². The second-order valence-corrected chi connectivity index (χ2v) is 8.60. The summed E-state index contributed by atoms with van der Waals surface area (Å²) < 4.78 is 26.8. The molecule has 0 atom stereocenters. The normalized spacial score (nSPS) is 12.3. The predicted octanol–water partition coefficient (Wildman–Crippen LogP) is 3.80. The highest BCUT2D eigenvalue weighted by atomic mass is 79.9. The van der Waals surface area contributed by atoms with Gasteiger partial charge in [-0.2, -0.15) is 4.31 Å². The second-order valence-electron chi connectivity index (χ2n) is 3.28. The van der Waals surface area contributed by atoms with Crippen LogP contribution in [0.1, 0.15) is 13.3 Å². The van der Waals surface area contributed by atoms with Gasteiger partial charge in [-0.15, -0.1) is 22.9 Å². The van der Waals surface area contributed by atoms with Crippen LogP contribution >= 0.6 is 50.5 Å². The monoisotopic (exact) mass is 379 g/mol. The summed E-state index contributed by atoms with van der Waals surface area (Å²) in [4.78, 5) is 0. The third-order valence-corrected chi connectivity index (χ3v) is 7.02. The van der Waals surface area contributed by atoms with Gasteiger partial charge in [0.2, 0.25) is 0 Å². The number of halogens is 3. The molecule has 1 rings (SSSR count). The minimum atomic E-state index is -3.47. The molecule has 17 heavy (non-hydrogen) atoms. The molecule has 0 unspecified atom stereocenters. The van der Waals surface area contributed by atoms with Gasteiger partial charge in [-0.3, -0.25) is 0 Å². The molecule has 98 valence electrons. The minimum Gasteiger partial charge on any atom is -0.206 e. The van der Waals surface area contributed by atoms with Gasteiger partial charge in [-0.25, -0.2) is 8.42 Å². The molecule has 0 fully saturated rings. The van der Waals surface area contributed by atoms with Gasteiger partial charge < -0.3 is 0 Å². The maximum absolute atomic E-state index is 12.3. The molecule has 0 saturated carbocycles. The first-order valence-electron chi connectivity index (χ1n) is 4.94. The van der Waals surface area contributed by atoms with Crippen LogP contribution in [0.3, 0.4) is 0 Å². The van der Waals surface area contributed by atoms with E-state index in [2.05, 4.69) is 15.9 Å². The van der Waals surface area contributed by atoms with Gasteiger partial charge in [-0.1, -0.05) is 18.5 Å². The fraction of sp³-hybridized carbons (Fsp3) is 0.556. The molecule has 1 heterocycles. The lowest BCUT2D eigenvalue weighted by molar-refractivity contribution is 0.430. The van der Waals surface area contributed by atoms with E-state index in [9.17, 15) is 8.42 Å². The van der Waals surface area contributed by atoms with Crippen molar-refractivity contribution in [2.75, 3.05) is 19.0 Å². The lowest BCUT2D eigenvalue weighted by atomic mass is 10.5. The molecule has 0 spiro atoms. The Labute approximate surface area is 124 Å². The minimum absolute atomic E-state index is 0.243. The maximum atomic E-state index is 12.3. The lowest BCUT2D eigenvalue weighted by Gasteiger charge is -2.19. The summed E-state index contributed by atoms with van der Waals surface area (Å²) in [6.45, 7) is 2.70. The predicted molar refractivity (Wildman–Crippen MR) is 76.8 cm³/mol. The summed E-state index contributed by atoms with van der Waals surface area (Å²) in [5.41, 5.74) is 0. The summed E-state index contributed by atoms with van der Waals surface area (Å²) in [5.74, 6) is 0.277. The van der Waals surface area contributed by atoms with Crippen LogP contribution in [-0.2, 0) is 10.0 Å². The van der Waals surface area contributed by atoms with Crippen molar-refractivity contribution in [2.24, 2.45) is 0 Å². The molecule has 0 aromatic carbocycles. The molecule has 1 aromatic heterocycles. The number of hydrogen-bond donors (Lipinski definition) is 0. The van der Waals surface area contributed by atoms with Crippen molar-refractivity contribution in [3.05, 3.63) is 14.9 Å². The third kappa shape index (κ3) is 3.81. The molecule has 0 aliphatic heterocycles. The van der Waals surface area contributed by atoms with E-state index in [1.165, 1.54) is 10.4 Å². The molecule has 0 aliphatic rings. The van der Waals surface area contributed by atoms with Gasteiger partial charge in [0.25, 0.3) is 10.0 Å². The van der Waals surface area contributed by atoms with E-state index < -0.39 is 10.0 Å². The van der Waals surface area contributed by atoms with Crippen LogP contribution in [0, 0.1) is 0 Å². The zero-order chi connectivity index (χ0) is 13.1. The lowest BCUT2D eigenvalue weighted by Crippen LogP contribution is -2.33. The van der Waals surface area contributed by atoms with Gasteiger partial charge in [-0.05, 0) is 28.4 Å². The smallest absolute Gasteiger partial charge is 0.206 e.